The number of rotatable bonds is 6. The number of hydrogen-bond donors (Lipinski definition) is 0. The van der Waals surface area contributed by atoms with E-state index in [2.05, 4.69) is 43.0 Å². The molecule has 2 nitrogen and oxygen atoms in total. The van der Waals surface area contributed by atoms with Crippen molar-refractivity contribution < 1.29 is 4.74 Å². The molecule has 0 N–H and O–H groups in total. The standard InChI is InChI=1S/C13H21NO/c1-4-12-8-6-7-9-13(12)14(5-2)10-11-15-3/h6-9H,4-5,10-11H2,1-3H3. The lowest BCUT2D eigenvalue weighted by Crippen LogP contribution is -2.27. The van der Waals surface area contributed by atoms with E-state index in [1.807, 2.05) is 0 Å². The summed E-state index contributed by atoms with van der Waals surface area (Å²) in [6.07, 6.45) is 1.08. The zero-order valence-corrected chi connectivity index (χ0v) is 9.99. The molecule has 0 amide bonds. The van der Waals surface area contributed by atoms with Crippen LogP contribution in [0.5, 0.6) is 0 Å². The number of likely N-dealkylation sites (N-methyl/N-ethyl adjacent to an activating group) is 1. The van der Waals surface area contributed by atoms with Gasteiger partial charge < -0.3 is 9.64 Å². The second kappa shape index (κ2) is 6.46. The molecule has 0 bridgehead atoms. The summed E-state index contributed by atoms with van der Waals surface area (Å²) in [5.74, 6) is 0. The highest BCUT2D eigenvalue weighted by Gasteiger charge is 2.07. The van der Waals surface area contributed by atoms with Crippen molar-refractivity contribution in [3.05, 3.63) is 29.8 Å². The molecule has 0 saturated heterocycles. The van der Waals surface area contributed by atoms with Crippen LogP contribution in [0.4, 0.5) is 5.69 Å². The van der Waals surface area contributed by atoms with Crippen LogP contribution in [0, 0.1) is 0 Å². The maximum Gasteiger partial charge on any atom is 0.0637 e. The molecule has 0 aliphatic carbocycles. The number of ether oxygens (including phenoxy) is 1. The highest BCUT2D eigenvalue weighted by atomic mass is 16.5. The van der Waals surface area contributed by atoms with Crippen LogP contribution in [0.15, 0.2) is 24.3 Å². The molecule has 15 heavy (non-hydrogen) atoms. The van der Waals surface area contributed by atoms with E-state index in [9.17, 15) is 0 Å². The lowest BCUT2D eigenvalue weighted by molar-refractivity contribution is 0.205. The highest BCUT2D eigenvalue weighted by Crippen LogP contribution is 2.20. The average Bonchev–Trinajstić information content (AvgIpc) is 2.30. The van der Waals surface area contributed by atoms with Gasteiger partial charge in [-0.2, -0.15) is 0 Å². The molecule has 0 heterocycles. The topological polar surface area (TPSA) is 12.5 Å². The van der Waals surface area contributed by atoms with Crippen LogP contribution in [0.25, 0.3) is 0 Å². The van der Waals surface area contributed by atoms with E-state index < -0.39 is 0 Å². The van der Waals surface area contributed by atoms with Gasteiger partial charge in [-0.15, -0.1) is 0 Å². The van der Waals surface area contributed by atoms with E-state index in [4.69, 9.17) is 4.74 Å². The quantitative estimate of drug-likeness (QED) is 0.711. The van der Waals surface area contributed by atoms with E-state index in [1.165, 1.54) is 11.3 Å². The normalized spacial score (nSPS) is 10.3. The van der Waals surface area contributed by atoms with Crippen molar-refractivity contribution >= 4 is 5.69 Å². The van der Waals surface area contributed by atoms with Gasteiger partial charge in [0, 0.05) is 25.9 Å². The molecular formula is C13H21NO. The van der Waals surface area contributed by atoms with E-state index in [-0.39, 0.29) is 0 Å². The van der Waals surface area contributed by atoms with E-state index in [0.717, 1.165) is 26.1 Å². The summed E-state index contributed by atoms with van der Waals surface area (Å²) in [6, 6.07) is 8.60. The molecule has 1 aromatic carbocycles. The summed E-state index contributed by atoms with van der Waals surface area (Å²) < 4.78 is 5.13. The number of anilines is 1. The molecule has 0 atom stereocenters. The molecule has 0 aliphatic heterocycles. The van der Waals surface area contributed by atoms with Crippen molar-refractivity contribution in [1.82, 2.24) is 0 Å². The van der Waals surface area contributed by atoms with Gasteiger partial charge in [-0.05, 0) is 25.0 Å². The Bertz CT molecular complexity index is 286. The first kappa shape index (κ1) is 12.1. The van der Waals surface area contributed by atoms with E-state index in [0.29, 0.717) is 0 Å². The third-order valence-electron chi connectivity index (χ3n) is 2.66. The lowest BCUT2D eigenvalue weighted by Gasteiger charge is -2.25. The van der Waals surface area contributed by atoms with Gasteiger partial charge in [0.15, 0.2) is 0 Å². The van der Waals surface area contributed by atoms with Crippen molar-refractivity contribution in [3.8, 4) is 0 Å². The summed E-state index contributed by atoms with van der Waals surface area (Å²) in [7, 11) is 1.75. The molecule has 0 saturated carbocycles. The molecule has 2 heteroatoms. The van der Waals surface area contributed by atoms with Crippen LogP contribution >= 0.6 is 0 Å². The fraction of sp³-hybridized carbons (Fsp3) is 0.538. The van der Waals surface area contributed by atoms with Crippen LogP contribution in [0.3, 0.4) is 0 Å². The maximum absolute atomic E-state index is 5.13. The summed E-state index contributed by atoms with van der Waals surface area (Å²) in [5, 5.41) is 0. The monoisotopic (exact) mass is 207 g/mol. The molecule has 0 fully saturated rings. The van der Waals surface area contributed by atoms with Gasteiger partial charge in [0.2, 0.25) is 0 Å². The number of benzene rings is 1. The second-order valence-corrected chi connectivity index (χ2v) is 3.55. The Morgan fingerprint density at radius 3 is 2.53 bits per heavy atom. The molecule has 0 aliphatic rings. The Labute approximate surface area is 92.9 Å². The van der Waals surface area contributed by atoms with Crippen molar-refractivity contribution in [1.29, 1.82) is 0 Å². The lowest BCUT2D eigenvalue weighted by atomic mass is 10.1. The van der Waals surface area contributed by atoms with Gasteiger partial charge in [0.1, 0.15) is 0 Å². The minimum absolute atomic E-state index is 0.784. The van der Waals surface area contributed by atoms with E-state index in [1.54, 1.807) is 7.11 Å². The van der Waals surface area contributed by atoms with Crippen molar-refractivity contribution in [3.63, 3.8) is 0 Å². The zero-order valence-electron chi connectivity index (χ0n) is 9.99. The molecule has 0 unspecified atom stereocenters. The fourth-order valence-electron chi connectivity index (χ4n) is 1.77. The smallest absolute Gasteiger partial charge is 0.0637 e. The Balaban J connectivity index is 2.80. The van der Waals surface area contributed by atoms with Crippen LogP contribution in [0.2, 0.25) is 0 Å². The zero-order chi connectivity index (χ0) is 11.1. The SMILES string of the molecule is CCc1ccccc1N(CC)CCOC. The van der Waals surface area contributed by atoms with Crippen molar-refractivity contribution in [2.24, 2.45) is 0 Å². The Morgan fingerprint density at radius 2 is 1.93 bits per heavy atom. The van der Waals surface area contributed by atoms with Crippen LogP contribution in [-0.4, -0.2) is 26.8 Å². The van der Waals surface area contributed by atoms with Gasteiger partial charge in [0.25, 0.3) is 0 Å². The number of nitrogens with zero attached hydrogens (tertiary/aromatic N) is 1. The van der Waals surface area contributed by atoms with Gasteiger partial charge in [0.05, 0.1) is 6.61 Å². The molecule has 0 aromatic heterocycles. The predicted molar refractivity (Wildman–Crippen MR) is 65.6 cm³/mol. The first-order valence-corrected chi connectivity index (χ1v) is 5.65. The molecule has 0 spiro atoms. The van der Waals surface area contributed by atoms with E-state index >= 15 is 0 Å². The number of para-hydroxylation sites is 1. The van der Waals surface area contributed by atoms with Gasteiger partial charge in [-0.25, -0.2) is 0 Å². The minimum Gasteiger partial charge on any atom is -0.383 e. The van der Waals surface area contributed by atoms with Crippen LogP contribution < -0.4 is 4.90 Å². The average molecular weight is 207 g/mol. The molecule has 1 aromatic rings. The third kappa shape index (κ3) is 3.24. The molecular weight excluding hydrogens is 186 g/mol. The number of aryl methyl sites for hydroxylation is 1. The predicted octanol–water partition coefficient (Wildman–Crippen LogP) is 2.72. The Morgan fingerprint density at radius 1 is 1.20 bits per heavy atom. The molecule has 0 radical (unpaired) electrons. The summed E-state index contributed by atoms with van der Waals surface area (Å²) in [6.45, 7) is 7.15. The molecule has 1 rings (SSSR count). The highest BCUT2D eigenvalue weighted by molar-refractivity contribution is 5.53. The van der Waals surface area contributed by atoms with Crippen molar-refractivity contribution in [2.45, 2.75) is 20.3 Å². The Hall–Kier alpha value is -1.02. The van der Waals surface area contributed by atoms with Crippen molar-refractivity contribution in [2.75, 3.05) is 31.7 Å². The molecule has 84 valence electrons. The summed E-state index contributed by atoms with van der Waals surface area (Å²) in [5.41, 5.74) is 2.76. The number of hydrogen-bond acceptors (Lipinski definition) is 2. The van der Waals surface area contributed by atoms with Crippen LogP contribution in [0.1, 0.15) is 19.4 Å². The largest absolute Gasteiger partial charge is 0.383 e. The Kier molecular flexibility index (Phi) is 5.19. The van der Waals surface area contributed by atoms with Gasteiger partial charge in [-0.3, -0.25) is 0 Å². The minimum atomic E-state index is 0.784. The van der Waals surface area contributed by atoms with Gasteiger partial charge in [-0.1, -0.05) is 25.1 Å². The summed E-state index contributed by atoms with van der Waals surface area (Å²) in [4.78, 5) is 2.36. The van der Waals surface area contributed by atoms with Crippen LogP contribution in [-0.2, 0) is 11.2 Å². The summed E-state index contributed by atoms with van der Waals surface area (Å²) >= 11 is 0. The third-order valence-corrected chi connectivity index (χ3v) is 2.66. The first-order valence-electron chi connectivity index (χ1n) is 5.65. The second-order valence-electron chi connectivity index (χ2n) is 3.55. The maximum atomic E-state index is 5.13. The fourth-order valence-corrected chi connectivity index (χ4v) is 1.77. The first-order chi connectivity index (χ1) is 7.33. The number of methoxy groups -OCH3 is 1. The van der Waals surface area contributed by atoms with Gasteiger partial charge >= 0.3 is 0 Å².